The van der Waals surface area contributed by atoms with Gasteiger partial charge in [-0.2, -0.15) is 0 Å². The lowest BCUT2D eigenvalue weighted by atomic mass is 10.0. The van der Waals surface area contributed by atoms with Gasteiger partial charge in [-0.3, -0.25) is 4.40 Å². The minimum Gasteiger partial charge on any atom is -0.313 e. The lowest BCUT2D eigenvalue weighted by Crippen LogP contribution is -2.19. The minimum absolute atomic E-state index is 0.305. The van der Waals surface area contributed by atoms with Gasteiger partial charge in [-0.1, -0.05) is 12.1 Å². The number of hydrogen-bond donors (Lipinski definition) is 1. The molecule has 2 heterocycles. The van der Waals surface area contributed by atoms with Crippen LogP contribution in [0.3, 0.4) is 0 Å². The zero-order valence-electron chi connectivity index (χ0n) is 10.5. The van der Waals surface area contributed by atoms with Crippen molar-refractivity contribution in [3.63, 3.8) is 0 Å². The molecule has 3 aromatic rings. The van der Waals surface area contributed by atoms with Gasteiger partial charge in [-0.25, -0.2) is 4.98 Å². The van der Waals surface area contributed by atoms with Gasteiger partial charge in [0.05, 0.1) is 5.69 Å². The number of aromatic nitrogens is 2. The van der Waals surface area contributed by atoms with Gasteiger partial charge in [0.15, 0.2) is 4.96 Å². The summed E-state index contributed by atoms with van der Waals surface area (Å²) in [5.41, 5.74) is 2.44. The molecule has 0 aliphatic carbocycles. The van der Waals surface area contributed by atoms with Crippen LogP contribution in [0.15, 0.2) is 42.0 Å². The van der Waals surface area contributed by atoms with E-state index in [0.29, 0.717) is 6.04 Å². The van der Waals surface area contributed by atoms with E-state index in [2.05, 4.69) is 79.3 Å². The molecule has 0 aliphatic rings. The number of nitrogens with zero attached hydrogens (tertiary/aromatic N) is 2. The number of rotatable bonds is 4. The largest absolute Gasteiger partial charge is 0.313 e. The fourth-order valence-corrected chi connectivity index (χ4v) is 3.48. The SMILES string of the molecule is CNC(Cc1cn2ccsc2n1)c1cccc(I)c1. The number of likely N-dealkylation sites (N-methyl/N-ethyl adjacent to an activating group) is 1. The van der Waals surface area contributed by atoms with Gasteiger partial charge in [0, 0.05) is 33.8 Å². The maximum atomic E-state index is 4.65. The van der Waals surface area contributed by atoms with Crippen LogP contribution in [0.1, 0.15) is 17.3 Å². The summed E-state index contributed by atoms with van der Waals surface area (Å²) >= 11 is 4.02. The molecule has 0 bridgehead atoms. The van der Waals surface area contributed by atoms with Crippen molar-refractivity contribution in [1.82, 2.24) is 14.7 Å². The third-order valence-corrected chi connectivity index (χ3v) is 4.60. The molecular formula is C14H14IN3S. The fraction of sp³-hybridized carbons (Fsp3) is 0.214. The van der Waals surface area contributed by atoms with Gasteiger partial charge in [0.2, 0.25) is 0 Å². The second-order valence-electron chi connectivity index (χ2n) is 4.43. The number of thiazole rings is 1. The molecule has 3 rings (SSSR count). The van der Waals surface area contributed by atoms with Crippen molar-refractivity contribution in [3.05, 3.63) is 56.9 Å². The van der Waals surface area contributed by atoms with Crippen LogP contribution in [-0.2, 0) is 6.42 Å². The first-order chi connectivity index (χ1) is 9.26. The summed E-state index contributed by atoms with van der Waals surface area (Å²) < 4.78 is 3.35. The molecule has 98 valence electrons. The summed E-state index contributed by atoms with van der Waals surface area (Å²) in [6, 6.07) is 8.91. The van der Waals surface area contributed by atoms with Gasteiger partial charge >= 0.3 is 0 Å². The summed E-state index contributed by atoms with van der Waals surface area (Å²) in [6.45, 7) is 0. The molecule has 1 atom stereocenters. The van der Waals surface area contributed by atoms with Gasteiger partial charge in [-0.05, 0) is 47.3 Å². The molecule has 1 unspecified atom stereocenters. The number of imidazole rings is 1. The van der Waals surface area contributed by atoms with E-state index in [-0.39, 0.29) is 0 Å². The van der Waals surface area contributed by atoms with Gasteiger partial charge in [-0.15, -0.1) is 11.3 Å². The second kappa shape index (κ2) is 5.60. The van der Waals surface area contributed by atoms with Crippen LogP contribution in [0.25, 0.3) is 4.96 Å². The van der Waals surface area contributed by atoms with E-state index in [1.807, 2.05) is 7.05 Å². The predicted molar refractivity (Wildman–Crippen MR) is 87.7 cm³/mol. The third-order valence-electron chi connectivity index (χ3n) is 3.16. The normalized spacial score (nSPS) is 12.9. The quantitative estimate of drug-likeness (QED) is 0.699. The number of hydrogen-bond acceptors (Lipinski definition) is 3. The van der Waals surface area contributed by atoms with Gasteiger partial charge < -0.3 is 5.32 Å². The second-order valence-corrected chi connectivity index (χ2v) is 6.54. The summed E-state index contributed by atoms with van der Waals surface area (Å²) in [6.07, 6.45) is 5.07. The van der Waals surface area contributed by atoms with Crippen molar-refractivity contribution in [3.8, 4) is 0 Å². The molecule has 0 saturated carbocycles. The monoisotopic (exact) mass is 383 g/mol. The predicted octanol–water partition coefficient (Wildman–Crippen LogP) is 3.50. The summed E-state index contributed by atoms with van der Waals surface area (Å²) in [5, 5.41) is 5.44. The van der Waals surface area contributed by atoms with Gasteiger partial charge in [0.1, 0.15) is 0 Å². The highest BCUT2D eigenvalue weighted by Crippen LogP contribution is 2.21. The number of benzene rings is 1. The highest BCUT2D eigenvalue weighted by Gasteiger charge is 2.13. The first-order valence-corrected chi connectivity index (χ1v) is 8.06. The Morgan fingerprint density at radius 2 is 2.37 bits per heavy atom. The standard InChI is InChI=1S/C14H14IN3S/c1-16-13(10-3-2-4-11(15)7-10)8-12-9-18-5-6-19-14(18)17-12/h2-7,9,13,16H,8H2,1H3. The molecule has 1 N–H and O–H groups in total. The summed E-state index contributed by atoms with van der Waals surface area (Å²) in [5.74, 6) is 0. The first kappa shape index (κ1) is 13.1. The molecule has 0 saturated heterocycles. The molecule has 0 aliphatic heterocycles. The zero-order valence-corrected chi connectivity index (χ0v) is 13.5. The molecule has 0 radical (unpaired) electrons. The Balaban J connectivity index is 1.85. The third kappa shape index (κ3) is 2.82. The van der Waals surface area contributed by atoms with Gasteiger partial charge in [0.25, 0.3) is 0 Å². The molecule has 0 amide bonds. The van der Waals surface area contributed by atoms with Crippen molar-refractivity contribution >= 4 is 38.9 Å². The van der Waals surface area contributed by atoms with Crippen LogP contribution < -0.4 is 5.32 Å². The molecule has 2 aromatic heterocycles. The van der Waals surface area contributed by atoms with E-state index in [4.69, 9.17) is 0 Å². The highest BCUT2D eigenvalue weighted by atomic mass is 127. The first-order valence-electron chi connectivity index (χ1n) is 6.10. The molecule has 19 heavy (non-hydrogen) atoms. The molecule has 1 aromatic carbocycles. The Labute approximate surface area is 129 Å². The Bertz CT molecular complexity index is 660. The van der Waals surface area contributed by atoms with Crippen molar-refractivity contribution < 1.29 is 0 Å². The Hall–Kier alpha value is -0.920. The summed E-state index contributed by atoms with van der Waals surface area (Å²) in [7, 11) is 2.00. The average Bonchev–Trinajstić information content (AvgIpc) is 2.96. The Morgan fingerprint density at radius 1 is 1.47 bits per heavy atom. The van der Waals surface area contributed by atoms with E-state index < -0.39 is 0 Å². The van der Waals surface area contributed by atoms with Crippen molar-refractivity contribution in [1.29, 1.82) is 0 Å². The summed E-state index contributed by atoms with van der Waals surface area (Å²) in [4.78, 5) is 5.71. The van der Waals surface area contributed by atoms with Crippen LogP contribution in [0.2, 0.25) is 0 Å². The maximum Gasteiger partial charge on any atom is 0.193 e. The van der Waals surface area contributed by atoms with E-state index in [9.17, 15) is 0 Å². The lowest BCUT2D eigenvalue weighted by Gasteiger charge is -2.15. The average molecular weight is 383 g/mol. The van der Waals surface area contributed by atoms with Crippen LogP contribution in [0.5, 0.6) is 0 Å². The highest BCUT2D eigenvalue weighted by molar-refractivity contribution is 14.1. The number of fused-ring (bicyclic) bond motifs is 1. The van der Waals surface area contributed by atoms with E-state index in [1.54, 1.807) is 11.3 Å². The van der Waals surface area contributed by atoms with Crippen LogP contribution >= 0.6 is 33.9 Å². The van der Waals surface area contributed by atoms with Crippen LogP contribution in [0.4, 0.5) is 0 Å². The molecule has 0 fully saturated rings. The maximum absolute atomic E-state index is 4.65. The molecular weight excluding hydrogens is 369 g/mol. The minimum atomic E-state index is 0.305. The van der Waals surface area contributed by atoms with Crippen molar-refractivity contribution in [2.24, 2.45) is 0 Å². The van der Waals surface area contributed by atoms with Crippen molar-refractivity contribution in [2.75, 3.05) is 7.05 Å². The fourth-order valence-electron chi connectivity index (χ4n) is 2.19. The van der Waals surface area contributed by atoms with Crippen molar-refractivity contribution in [2.45, 2.75) is 12.5 Å². The molecule has 5 heteroatoms. The zero-order chi connectivity index (χ0) is 13.2. The molecule has 0 spiro atoms. The van der Waals surface area contributed by atoms with E-state index in [0.717, 1.165) is 17.1 Å². The lowest BCUT2D eigenvalue weighted by molar-refractivity contribution is 0.586. The Kier molecular flexibility index (Phi) is 3.86. The molecule has 3 nitrogen and oxygen atoms in total. The topological polar surface area (TPSA) is 29.3 Å². The number of halogens is 1. The Morgan fingerprint density at radius 3 is 3.11 bits per heavy atom. The smallest absolute Gasteiger partial charge is 0.193 e. The van der Waals surface area contributed by atoms with E-state index in [1.165, 1.54) is 9.13 Å². The van der Waals surface area contributed by atoms with Crippen LogP contribution in [0, 0.1) is 3.57 Å². The van der Waals surface area contributed by atoms with Crippen LogP contribution in [-0.4, -0.2) is 16.4 Å². The number of nitrogens with one attached hydrogen (secondary N) is 1. The van der Waals surface area contributed by atoms with E-state index >= 15 is 0 Å².